The van der Waals surface area contributed by atoms with E-state index in [0.29, 0.717) is 16.9 Å². The summed E-state index contributed by atoms with van der Waals surface area (Å²) in [4.78, 5) is 13.1. The fourth-order valence-corrected chi connectivity index (χ4v) is 3.62. The lowest BCUT2D eigenvalue weighted by atomic mass is 9.79. The van der Waals surface area contributed by atoms with Gasteiger partial charge in [-0.3, -0.25) is 0 Å². The number of aliphatic hydroxyl groups excluding tert-OH is 4. The van der Waals surface area contributed by atoms with E-state index in [1.54, 1.807) is 12.1 Å². The van der Waals surface area contributed by atoms with Crippen molar-refractivity contribution < 1.29 is 44.5 Å². The van der Waals surface area contributed by atoms with E-state index in [4.69, 9.17) is 14.2 Å². The van der Waals surface area contributed by atoms with Crippen LogP contribution >= 0.6 is 0 Å². The molecule has 9 nitrogen and oxygen atoms in total. The second kappa shape index (κ2) is 9.24. The lowest BCUT2D eigenvalue weighted by Gasteiger charge is -2.42. The highest BCUT2D eigenvalue weighted by atomic mass is 16.7. The number of hydrogen-bond acceptors (Lipinski definition) is 9. The van der Waals surface area contributed by atoms with Gasteiger partial charge in [0.1, 0.15) is 29.8 Å². The molecule has 9 heteroatoms. The Labute approximate surface area is 188 Å². The van der Waals surface area contributed by atoms with Crippen molar-refractivity contribution in [3.8, 4) is 11.5 Å². The van der Waals surface area contributed by atoms with Gasteiger partial charge in [0, 0.05) is 17.5 Å². The van der Waals surface area contributed by atoms with Crippen LogP contribution in [-0.4, -0.2) is 75.4 Å². The zero-order valence-electron chi connectivity index (χ0n) is 19.7. The zero-order chi connectivity index (χ0) is 24.6. The highest BCUT2D eigenvalue weighted by Crippen LogP contribution is 2.43. The van der Waals surface area contributed by atoms with Crippen LogP contribution in [0.5, 0.6) is 11.5 Å². The van der Waals surface area contributed by atoms with Gasteiger partial charge in [-0.1, -0.05) is 41.5 Å². The summed E-state index contributed by atoms with van der Waals surface area (Å²) >= 11 is 0. The number of benzene rings is 1. The van der Waals surface area contributed by atoms with E-state index in [2.05, 4.69) is 0 Å². The van der Waals surface area contributed by atoms with Crippen molar-refractivity contribution in [2.24, 2.45) is 0 Å². The molecule has 0 spiro atoms. The lowest BCUT2D eigenvalue weighted by molar-refractivity contribution is -0.307. The Morgan fingerprint density at radius 1 is 1.16 bits per heavy atom. The van der Waals surface area contributed by atoms with E-state index in [0.717, 1.165) is 0 Å². The van der Waals surface area contributed by atoms with Crippen molar-refractivity contribution in [3.63, 3.8) is 0 Å². The molecule has 1 heterocycles. The van der Waals surface area contributed by atoms with Gasteiger partial charge in [0.15, 0.2) is 0 Å². The number of ether oxygens (including phenoxy) is 3. The van der Waals surface area contributed by atoms with Gasteiger partial charge in [0.05, 0.1) is 19.8 Å². The molecule has 0 bridgehead atoms. The average Bonchev–Trinajstić information content (AvgIpc) is 2.68. The monoisotopic (exact) mass is 456 g/mol. The first-order chi connectivity index (χ1) is 14.5. The van der Waals surface area contributed by atoms with Gasteiger partial charge in [0.2, 0.25) is 0 Å². The number of carbonyl (C=O) groups excluding carboxylic acids is 1. The fourth-order valence-electron chi connectivity index (χ4n) is 3.62. The maximum atomic E-state index is 13.1. The Morgan fingerprint density at radius 2 is 1.66 bits per heavy atom. The summed E-state index contributed by atoms with van der Waals surface area (Å²) in [5, 5.41) is 50.3. The summed E-state index contributed by atoms with van der Waals surface area (Å²) in [6, 6.07) is 3.50. The molecule has 2 rings (SSSR count). The number of hydrogen-bond donors (Lipinski definition) is 5. The van der Waals surface area contributed by atoms with E-state index < -0.39 is 60.0 Å². The average molecular weight is 457 g/mol. The van der Waals surface area contributed by atoms with Crippen molar-refractivity contribution >= 4 is 5.97 Å². The molecular formula is C23H36O9. The third-order valence-electron chi connectivity index (χ3n) is 5.54. The summed E-state index contributed by atoms with van der Waals surface area (Å²) in [5.41, 5.74) is 0.376. The van der Waals surface area contributed by atoms with E-state index in [1.807, 2.05) is 41.5 Å². The highest BCUT2D eigenvalue weighted by Gasteiger charge is 2.53. The maximum absolute atomic E-state index is 13.1. The third kappa shape index (κ3) is 5.41. The highest BCUT2D eigenvalue weighted by molar-refractivity contribution is 5.81. The largest absolute Gasteiger partial charge is 0.497 e. The van der Waals surface area contributed by atoms with Crippen LogP contribution in [0.1, 0.15) is 59.1 Å². The van der Waals surface area contributed by atoms with Gasteiger partial charge < -0.3 is 39.7 Å². The number of methoxy groups -OCH3 is 1. The van der Waals surface area contributed by atoms with Gasteiger partial charge in [-0.25, -0.2) is 4.79 Å². The van der Waals surface area contributed by atoms with Crippen LogP contribution in [0, 0.1) is 0 Å². The second-order valence-corrected chi connectivity index (χ2v) is 10.3. The predicted molar refractivity (Wildman–Crippen MR) is 116 cm³/mol. The summed E-state index contributed by atoms with van der Waals surface area (Å²) < 4.78 is 16.4. The van der Waals surface area contributed by atoms with Gasteiger partial charge in [-0.15, -0.1) is 0 Å². The van der Waals surface area contributed by atoms with Crippen LogP contribution in [0.3, 0.4) is 0 Å². The topological polar surface area (TPSA) is 146 Å². The van der Waals surface area contributed by atoms with Crippen molar-refractivity contribution in [3.05, 3.63) is 23.3 Å². The Hall–Kier alpha value is -1.75. The van der Waals surface area contributed by atoms with E-state index in [-0.39, 0.29) is 5.75 Å². The molecule has 1 fully saturated rings. The first-order valence-corrected chi connectivity index (χ1v) is 10.6. The third-order valence-corrected chi connectivity index (χ3v) is 5.54. The van der Waals surface area contributed by atoms with Crippen LogP contribution < -0.4 is 9.47 Å². The molecule has 0 aliphatic carbocycles. The summed E-state index contributed by atoms with van der Waals surface area (Å²) in [5.74, 6) is -3.05. The molecule has 0 saturated carbocycles. The summed E-state index contributed by atoms with van der Waals surface area (Å²) in [7, 11) is 1.54. The molecule has 1 aliphatic rings. The molecule has 182 valence electrons. The number of esters is 1. The van der Waals surface area contributed by atoms with Gasteiger partial charge >= 0.3 is 5.97 Å². The van der Waals surface area contributed by atoms with Crippen LogP contribution in [0.25, 0.3) is 0 Å². The Balaban J connectivity index is 2.54. The molecule has 1 saturated heterocycles. The molecule has 0 aromatic heterocycles. The Bertz CT molecular complexity index is 789. The molecule has 0 unspecified atom stereocenters. The van der Waals surface area contributed by atoms with Gasteiger partial charge in [0.25, 0.3) is 5.79 Å². The quantitative estimate of drug-likeness (QED) is 0.320. The standard InChI is InChI=1S/C23H36O9/c1-21(2,3)13-8-12(30-7)9-14(22(4,5)6)18(13)31-20(28)23(29)10-15(25)17(27)19(32-23)16(26)11-24/h8-9,15-17,19,24-27,29H,10-11H2,1-7H3/t15-,16-,17-,19-,23-/m1/s1. The number of rotatable bonds is 5. The predicted octanol–water partition coefficient (Wildman–Crippen LogP) is 0.748. The molecule has 1 aromatic carbocycles. The maximum Gasteiger partial charge on any atom is 0.372 e. The lowest BCUT2D eigenvalue weighted by Crippen LogP contribution is -2.62. The molecule has 0 amide bonds. The Kier molecular flexibility index (Phi) is 7.66. The first kappa shape index (κ1) is 26.5. The van der Waals surface area contributed by atoms with Crippen LogP contribution in [0.2, 0.25) is 0 Å². The summed E-state index contributed by atoms with van der Waals surface area (Å²) in [6.07, 6.45) is -7.10. The van der Waals surface area contributed by atoms with Crippen LogP contribution in [-0.2, 0) is 20.4 Å². The van der Waals surface area contributed by atoms with E-state index >= 15 is 0 Å². The van der Waals surface area contributed by atoms with E-state index in [9.17, 15) is 30.3 Å². The normalized spacial score (nSPS) is 27.7. The van der Waals surface area contributed by atoms with Crippen LogP contribution in [0.15, 0.2) is 12.1 Å². The summed E-state index contributed by atoms with van der Waals surface area (Å²) in [6.45, 7) is 10.8. The Morgan fingerprint density at radius 3 is 2.06 bits per heavy atom. The van der Waals surface area contributed by atoms with Crippen molar-refractivity contribution in [2.75, 3.05) is 13.7 Å². The van der Waals surface area contributed by atoms with Crippen molar-refractivity contribution in [1.82, 2.24) is 0 Å². The minimum atomic E-state index is -2.65. The second-order valence-electron chi connectivity index (χ2n) is 10.3. The first-order valence-electron chi connectivity index (χ1n) is 10.6. The fraction of sp³-hybridized carbons (Fsp3) is 0.696. The SMILES string of the molecule is COc1cc(C(C)(C)C)c(OC(=O)[C@@]2(O)C[C@@H](O)[C@@H](O)[C@@H]([C@H](O)CO)O2)c(C(C)(C)C)c1. The minimum absolute atomic E-state index is 0.229. The molecule has 5 N–H and O–H groups in total. The number of aliphatic hydroxyl groups is 5. The molecule has 32 heavy (non-hydrogen) atoms. The molecule has 1 aliphatic heterocycles. The molecule has 1 aromatic rings. The van der Waals surface area contributed by atoms with Gasteiger partial charge in [-0.05, 0) is 23.0 Å². The molecular weight excluding hydrogens is 420 g/mol. The van der Waals surface area contributed by atoms with E-state index in [1.165, 1.54) is 7.11 Å². The molecule has 5 atom stereocenters. The van der Waals surface area contributed by atoms with Crippen molar-refractivity contribution in [1.29, 1.82) is 0 Å². The van der Waals surface area contributed by atoms with Gasteiger partial charge in [-0.2, -0.15) is 0 Å². The zero-order valence-corrected chi connectivity index (χ0v) is 19.7. The molecule has 0 radical (unpaired) electrons. The van der Waals surface area contributed by atoms with Crippen molar-refractivity contribution in [2.45, 2.75) is 89.0 Å². The van der Waals surface area contributed by atoms with Crippen LogP contribution in [0.4, 0.5) is 0 Å². The minimum Gasteiger partial charge on any atom is -0.497 e. The smallest absolute Gasteiger partial charge is 0.372 e. The number of carbonyl (C=O) groups is 1.